The molecule has 0 aromatic carbocycles. The zero-order chi connectivity index (χ0) is 10.4. The summed E-state index contributed by atoms with van der Waals surface area (Å²) in [4.78, 5) is 14.1. The molecule has 13 heavy (non-hydrogen) atoms. The zero-order valence-electron chi connectivity index (χ0n) is 7.27. The number of nitrogens with one attached hydrogen (secondary N) is 1. The number of aliphatic hydroxyl groups excluding tert-OH is 1. The first kappa shape index (κ1) is 11.7. The van der Waals surface area contributed by atoms with Crippen molar-refractivity contribution in [1.82, 2.24) is 5.32 Å². The molecule has 2 atom stereocenters. The van der Waals surface area contributed by atoms with Gasteiger partial charge in [0.2, 0.25) is 0 Å². The molecule has 7 nitrogen and oxygen atoms in total. The number of guanidine groups is 1. The number of aliphatic carboxylic acids is 1. The molecule has 0 saturated heterocycles. The number of nitrogens with two attached hydrogens (primary N) is 2. The molecule has 0 aliphatic heterocycles. The molecule has 2 unspecified atom stereocenters. The summed E-state index contributed by atoms with van der Waals surface area (Å²) in [7, 11) is 0. The van der Waals surface area contributed by atoms with Crippen molar-refractivity contribution in [3.8, 4) is 0 Å². The first-order valence-corrected chi connectivity index (χ1v) is 3.65. The highest BCUT2D eigenvalue weighted by Crippen LogP contribution is 1.89. The van der Waals surface area contributed by atoms with Crippen LogP contribution in [0.3, 0.4) is 0 Å². The van der Waals surface area contributed by atoms with Crippen LogP contribution in [0.25, 0.3) is 0 Å². The minimum Gasteiger partial charge on any atom is -0.480 e. The lowest BCUT2D eigenvalue weighted by atomic mass is 10.3. The lowest BCUT2D eigenvalue weighted by molar-refractivity contribution is -0.140. The van der Waals surface area contributed by atoms with Crippen LogP contribution in [-0.4, -0.2) is 41.0 Å². The van der Waals surface area contributed by atoms with Gasteiger partial charge < -0.3 is 21.7 Å². The van der Waals surface area contributed by atoms with Crippen LogP contribution < -0.4 is 16.8 Å². The fourth-order valence-corrected chi connectivity index (χ4v) is 0.754. The predicted molar refractivity (Wildman–Crippen MR) is 46.9 cm³/mol. The summed E-state index contributed by atoms with van der Waals surface area (Å²) < 4.78 is 0. The second-order valence-electron chi connectivity index (χ2n) is 2.47. The van der Waals surface area contributed by atoms with Crippen molar-refractivity contribution in [2.24, 2.45) is 16.5 Å². The van der Waals surface area contributed by atoms with E-state index in [0.717, 1.165) is 0 Å². The monoisotopic (exact) mass is 190 g/mol. The average Bonchev–Trinajstić information content (AvgIpc) is 1.98. The van der Waals surface area contributed by atoms with Crippen LogP contribution in [0.2, 0.25) is 0 Å². The van der Waals surface area contributed by atoms with Gasteiger partial charge in [-0.25, -0.2) is 4.99 Å². The van der Waals surface area contributed by atoms with Gasteiger partial charge in [-0.2, -0.15) is 0 Å². The van der Waals surface area contributed by atoms with Crippen LogP contribution in [0, 0.1) is 0 Å². The van der Waals surface area contributed by atoms with Gasteiger partial charge in [-0.1, -0.05) is 0 Å². The number of carboxylic acid groups (broad SMARTS) is 1. The second kappa shape index (κ2) is 5.33. The number of rotatable bonds is 5. The van der Waals surface area contributed by atoms with Gasteiger partial charge >= 0.3 is 5.97 Å². The number of aliphatic hydroxyl groups is 1. The van der Waals surface area contributed by atoms with Gasteiger partial charge in [0.15, 0.2) is 5.96 Å². The minimum atomic E-state index is -1.15. The molecule has 0 saturated carbocycles. The van der Waals surface area contributed by atoms with Gasteiger partial charge in [0.1, 0.15) is 12.2 Å². The van der Waals surface area contributed by atoms with E-state index in [2.05, 4.69) is 10.3 Å². The topological polar surface area (TPSA) is 134 Å². The Bertz CT molecular complexity index is 202. The van der Waals surface area contributed by atoms with Gasteiger partial charge in [0, 0.05) is 0 Å². The quantitative estimate of drug-likeness (QED) is 0.243. The first-order valence-electron chi connectivity index (χ1n) is 3.65. The van der Waals surface area contributed by atoms with Crippen LogP contribution in [0.5, 0.6) is 0 Å². The summed E-state index contributed by atoms with van der Waals surface area (Å²) in [6, 6.07) is -1.06. The molecule has 76 valence electrons. The van der Waals surface area contributed by atoms with Crippen LogP contribution >= 0.6 is 0 Å². The molecule has 7 heteroatoms. The predicted octanol–water partition coefficient (Wildman–Crippen LogP) is -2.36. The highest BCUT2D eigenvalue weighted by molar-refractivity contribution is 5.76. The van der Waals surface area contributed by atoms with Crippen molar-refractivity contribution in [2.45, 2.75) is 19.1 Å². The third-order valence-electron chi connectivity index (χ3n) is 1.27. The van der Waals surface area contributed by atoms with Crippen molar-refractivity contribution >= 4 is 11.9 Å². The fourth-order valence-electron chi connectivity index (χ4n) is 0.754. The van der Waals surface area contributed by atoms with Crippen molar-refractivity contribution in [3.05, 3.63) is 0 Å². The molecule has 0 fully saturated rings. The standard InChI is InChI=1S/C6H14N4O3/c1-3(10-6(7)8)9-4(2-11)5(12)13/h3-4,9,11H,2H2,1H3,(H,12,13)(H4,7,8,10). The van der Waals surface area contributed by atoms with E-state index in [1.54, 1.807) is 6.92 Å². The molecule has 0 aliphatic carbocycles. The Hall–Kier alpha value is -1.34. The molecule has 0 heterocycles. The SMILES string of the molecule is CC(N=C(N)N)NC(CO)C(=O)O. The van der Waals surface area contributed by atoms with Crippen LogP contribution in [-0.2, 0) is 4.79 Å². The number of carbonyl (C=O) groups is 1. The maximum Gasteiger partial charge on any atom is 0.323 e. The summed E-state index contributed by atoms with van der Waals surface area (Å²) in [6.07, 6.45) is -0.543. The van der Waals surface area contributed by atoms with Gasteiger partial charge in [0.25, 0.3) is 0 Å². The molecule has 0 bridgehead atoms. The lowest BCUT2D eigenvalue weighted by Gasteiger charge is -2.14. The third-order valence-corrected chi connectivity index (χ3v) is 1.27. The molecule has 7 N–H and O–H groups in total. The first-order chi connectivity index (χ1) is 5.97. The molecule has 0 aromatic heterocycles. The van der Waals surface area contributed by atoms with E-state index in [-0.39, 0.29) is 5.96 Å². The Morgan fingerprint density at radius 1 is 1.62 bits per heavy atom. The van der Waals surface area contributed by atoms with Gasteiger partial charge in [-0.3, -0.25) is 10.1 Å². The van der Waals surface area contributed by atoms with E-state index in [9.17, 15) is 4.79 Å². The van der Waals surface area contributed by atoms with E-state index in [1.807, 2.05) is 0 Å². The number of hydrogen-bond donors (Lipinski definition) is 5. The van der Waals surface area contributed by atoms with Crippen LogP contribution in [0.1, 0.15) is 6.92 Å². The molecular formula is C6H14N4O3. The molecule has 0 spiro atoms. The normalized spacial score (nSPS) is 14.6. The van der Waals surface area contributed by atoms with E-state index in [4.69, 9.17) is 21.7 Å². The molecule has 0 rings (SSSR count). The van der Waals surface area contributed by atoms with Crippen LogP contribution in [0.15, 0.2) is 4.99 Å². The number of nitrogens with zero attached hydrogens (tertiary/aromatic N) is 1. The maximum atomic E-state index is 10.4. The smallest absolute Gasteiger partial charge is 0.323 e. The van der Waals surface area contributed by atoms with E-state index in [1.165, 1.54) is 0 Å². The largest absolute Gasteiger partial charge is 0.480 e. The third kappa shape index (κ3) is 4.99. The summed E-state index contributed by atoms with van der Waals surface area (Å²) in [6.45, 7) is 1.06. The van der Waals surface area contributed by atoms with Gasteiger partial charge in [-0.15, -0.1) is 0 Å². The molecule has 0 radical (unpaired) electrons. The molecule has 0 aromatic rings. The highest BCUT2D eigenvalue weighted by atomic mass is 16.4. The van der Waals surface area contributed by atoms with Crippen molar-refractivity contribution in [1.29, 1.82) is 0 Å². The number of aliphatic imine (C=N–C) groups is 1. The van der Waals surface area contributed by atoms with Crippen molar-refractivity contribution < 1.29 is 15.0 Å². The Labute approximate surface area is 75.4 Å². The fraction of sp³-hybridized carbons (Fsp3) is 0.667. The highest BCUT2D eigenvalue weighted by Gasteiger charge is 2.17. The van der Waals surface area contributed by atoms with E-state index < -0.39 is 24.8 Å². The Kier molecular flexibility index (Phi) is 4.78. The van der Waals surface area contributed by atoms with Gasteiger partial charge in [-0.05, 0) is 6.92 Å². The summed E-state index contributed by atoms with van der Waals surface area (Å²) in [5.74, 6) is -1.29. The molecule has 0 aliphatic rings. The number of carboxylic acids is 1. The maximum absolute atomic E-state index is 10.4. The van der Waals surface area contributed by atoms with Crippen molar-refractivity contribution in [2.75, 3.05) is 6.61 Å². The average molecular weight is 190 g/mol. The van der Waals surface area contributed by atoms with Crippen molar-refractivity contribution in [3.63, 3.8) is 0 Å². The van der Waals surface area contributed by atoms with E-state index >= 15 is 0 Å². The Morgan fingerprint density at radius 3 is 2.46 bits per heavy atom. The molecular weight excluding hydrogens is 176 g/mol. The lowest BCUT2D eigenvalue weighted by Crippen LogP contribution is -2.44. The summed E-state index contributed by atoms with van der Waals surface area (Å²) in [5, 5.41) is 19.6. The second-order valence-corrected chi connectivity index (χ2v) is 2.47. The van der Waals surface area contributed by atoms with E-state index in [0.29, 0.717) is 0 Å². The van der Waals surface area contributed by atoms with Crippen LogP contribution in [0.4, 0.5) is 0 Å². The van der Waals surface area contributed by atoms with Gasteiger partial charge in [0.05, 0.1) is 6.61 Å². The zero-order valence-corrected chi connectivity index (χ0v) is 7.27. The minimum absolute atomic E-state index is 0.137. The molecule has 0 amide bonds. The Morgan fingerprint density at radius 2 is 2.15 bits per heavy atom. The Balaban J connectivity index is 4.09. The number of hydrogen-bond acceptors (Lipinski definition) is 4. The summed E-state index contributed by atoms with van der Waals surface area (Å²) >= 11 is 0. The summed E-state index contributed by atoms with van der Waals surface area (Å²) in [5.41, 5.74) is 10.1.